The zero-order valence-electron chi connectivity index (χ0n) is 15.8. The molecule has 0 saturated carbocycles. The van der Waals surface area contributed by atoms with Crippen LogP contribution in [-0.2, 0) is 11.2 Å². The summed E-state index contributed by atoms with van der Waals surface area (Å²) in [6.45, 7) is 4.40. The zero-order chi connectivity index (χ0) is 20.1. The van der Waals surface area contributed by atoms with Gasteiger partial charge in [-0.2, -0.15) is 0 Å². The van der Waals surface area contributed by atoms with Crippen molar-refractivity contribution in [3.05, 3.63) is 40.5 Å². The Labute approximate surface area is 183 Å². The van der Waals surface area contributed by atoms with Gasteiger partial charge in [0.05, 0.1) is 17.1 Å². The van der Waals surface area contributed by atoms with Gasteiger partial charge < -0.3 is 14.5 Å². The smallest absolute Gasteiger partial charge is 0.409 e. The van der Waals surface area contributed by atoms with Crippen LogP contribution in [0.25, 0.3) is 10.9 Å². The highest BCUT2D eigenvalue weighted by molar-refractivity contribution is 14.1. The van der Waals surface area contributed by atoms with Gasteiger partial charge >= 0.3 is 6.09 Å². The molecule has 0 radical (unpaired) electrons. The minimum absolute atomic E-state index is 0.0580. The number of rotatable bonds is 5. The first-order valence-corrected chi connectivity index (χ1v) is 11.3. The lowest BCUT2D eigenvalue weighted by Gasteiger charge is -2.34. The molecule has 0 aliphatic carbocycles. The molecule has 28 heavy (non-hydrogen) atoms. The van der Waals surface area contributed by atoms with E-state index in [4.69, 9.17) is 16.3 Å². The lowest BCUT2D eigenvalue weighted by atomic mass is 10.1. The van der Waals surface area contributed by atoms with E-state index in [1.807, 2.05) is 13.0 Å². The van der Waals surface area contributed by atoms with Gasteiger partial charge in [-0.1, -0.05) is 47.2 Å². The van der Waals surface area contributed by atoms with Crippen LogP contribution in [0.3, 0.4) is 0 Å². The number of aryl methyl sites for hydroxylation is 1. The minimum atomic E-state index is -0.298. The molecular weight excluding hydrogens is 493 g/mol. The van der Waals surface area contributed by atoms with Crippen molar-refractivity contribution in [2.45, 2.75) is 19.8 Å². The van der Waals surface area contributed by atoms with Gasteiger partial charge in [0, 0.05) is 47.8 Å². The van der Waals surface area contributed by atoms with Gasteiger partial charge in [0.15, 0.2) is 0 Å². The van der Waals surface area contributed by atoms with E-state index in [-0.39, 0.29) is 12.0 Å². The van der Waals surface area contributed by atoms with Crippen LogP contribution in [0.15, 0.2) is 24.4 Å². The number of benzene rings is 1. The topological polar surface area (TPSA) is 62.7 Å². The predicted molar refractivity (Wildman–Crippen MR) is 118 cm³/mol. The summed E-state index contributed by atoms with van der Waals surface area (Å²) in [7, 11) is 0. The third-order valence-corrected chi connectivity index (χ3v) is 6.04. The van der Waals surface area contributed by atoms with Crippen LogP contribution >= 0.6 is 34.2 Å². The maximum atomic E-state index is 12.9. The SMILES string of the molecule is CCc1cnc2cc(C(=O)N3CCN(C(=O)OCCCI)CC3)ccc2c1Cl. The number of carbonyl (C=O) groups excluding carboxylic acids is 2. The molecule has 8 heteroatoms. The number of nitrogens with zero attached hydrogens (tertiary/aromatic N) is 3. The van der Waals surface area contributed by atoms with Crippen LogP contribution in [0.4, 0.5) is 4.79 Å². The predicted octanol–water partition coefficient (Wildman–Crippen LogP) is 4.17. The average molecular weight is 516 g/mol. The van der Waals surface area contributed by atoms with E-state index >= 15 is 0 Å². The van der Waals surface area contributed by atoms with Crippen LogP contribution < -0.4 is 0 Å². The van der Waals surface area contributed by atoms with Gasteiger partial charge in [-0.25, -0.2) is 4.79 Å². The number of fused-ring (bicyclic) bond motifs is 1. The molecule has 0 N–H and O–H groups in total. The van der Waals surface area contributed by atoms with Crippen molar-refractivity contribution in [2.75, 3.05) is 37.2 Å². The summed E-state index contributed by atoms with van der Waals surface area (Å²) in [6.07, 6.45) is 3.13. The van der Waals surface area contributed by atoms with Crippen LogP contribution in [0.2, 0.25) is 5.02 Å². The Kier molecular flexibility index (Phi) is 7.34. The number of pyridine rings is 1. The average Bonchev–Trinajstić information content (AvgIpc) is 2.73. The number of ether oxygens (including phenoxy) is 1. The van der Waals surface area contributed by atoms with Gasteiger partial charge in [-0.15, -0.1) is 0 Å². The molecule has 6 nitrogen and oxygen atoms in total. The summed E-state index contributed by atoms with van der Waals surface area (Å²) >= 11 is 8.68. The quantitative estimate of drug-likeness (QED) is 0.341. The summed E-state index contributed by atoms with van der Waals surface area (Å²) in [5.74, 6) is -0.0580. The Balaban J connectivity index is 1.64. The van der Waals surface area contributed by atoms with Crippen molar-refractivity contribution in [2.24, 2.45) is 0 Å². The van der Waals surface area contributed by atoms with Gasteiger partial charge in [0.1, 0.15) is 0 Å². The molecule has 1 aliphatic heterocycles. The molecule has 0 atom stereocenters. The van der Waals surface area contributed by atoms with Crippen molar-refractivity contribution < 1.29 is 14.3 Å². The van der Waals surface area contributed by atoms with Crippen molar-refractivity contribution >= 4 is 57.1 Å². The minimum Gasteiger partial charge on any atom is -0.449 e. The second kappa shape index (κ2) is 9.73. The van der Waals surface area contributed by atoms with Crippen molar-refractivity contribution in [3.8, 4) is 0 Å². The third kappa shape index (κ3) is 4.68. The Morgan fingerprint density at radius 1 is 1.21 bits per heavy atom. The molecule has 0 unspecified atom stereocenters. The van der Waals surface area contributed by atoms with Crippen molar-refractivity contribution in [1.82, 2.24) is 14.8 Å². The molecule has 2 aromatic rings. The lowest BCUT2D eigenvalue weighted by molar-refractivity contribution is 0.0561. The van der Waals surface area contributed by atoms with E-state index in [0.29, 0.717) is 48.9 Å². The van der Waals surface area contributed by atoms with Crippen LogP contribution in [0, 0.1) is 0 Å². The Morgan fingerprint density at radius 2 is 1.93 bits per heavy atom. The van der Waals surface area contributed by atoms with Gasteiger partial charge in [-0.05, 0) is 30.5 Å². The highest BCUT2D eigenvalue weighted by Gasteiger charge is 2.26. The second-order valence-corrected chi connectivity index (χ2v) is 8.08. The summed E-state index contributed by atoms with van der Waals surface area (Å²) in [5, 5.41) is 1.55. The van der Waals surface area contributed by atoms with Gasteiger partial charge in [0.25, 0.3) is 5.91 Å². The molecular formula is C20H23ClIN3O3. The summed E-state index contributed by atoms with van der Waals surface area (Å²) in [4.78, 5) is 32.8. The largest absolute Gasteiger partial charge is 0.449 e. The molecule has 1 aromatic carbocycles. The van der Waals surface area contributed by atoms with Crippen molar-refractivity contribution in [3.63, 3.8) is 0 Å². The van der Waals surface area contributed by atoms with Crippen LogP contribution in [0.1, 0.15) is 29.3 Å². The number of halogens is 2. The number of piperazine rings is 1. The number of carbonyl (C=O) groups is 2. The van der Waals surface area contributed by atoms with E-state index in [1.54, 1.807) is 28.1 Å². The van der Waals surface area contributed by atoms with E-state index in [2.05, 4.69) is 27.6 Å². The molecule has 3 rings (SSSR count). The van der Waals surface area contributed by atoms with E-state index in [9.17, 15) is 9.59 Å². The van der Waals surface area contributed by atoms with Crippen molar-refractivity contribution in [1.29, 1.82) is 0 Å². The molecule has 1 aliphatic rings. The molecule has 1 aromatic heterocycles. The van der Waals surface area contributed by atoms with E-state index < -0.39 is 0 Å². The van der Waals surface area contributed by atoms with Crippen LogP contribution in [-0.4, -0.2) is 64.0 Å². The summed E-state index contributed by atoms with van der Waals surface area (Å²) in [5.41, 5.74) is 2.29. The Hall–Kier alpha value is -1.61. The molecule has 150 valence electrons. The summed E-state index contributed by atoms with van der Waals surface area (Å²) in [6, 6.07) is 5.44. The highest BCUT2D eigenvalue weighted by atomic mass is 127. The first-order chi connectivity index (χ1) is 13.5. The highest BCUT2D eigenvalue weighted by Crippen LogP contribution is 2.27. The standard InChI is InChI=1S/C20H23ClIN3O3/c1-2-14-13-23-17-12-15(4-5-16(17)18(14)21)19(26)24-7-9-25(10-8-24)20(27)28-11-3-6-22/h4-5,12-13H,2-3,6-11H2,1H3. The fourth-order valence-corrected chi connectivity index (χ4v) is 3.81. The molecule has 1 saturated heterocycles. The number of amides is 2. The first-order valence-electron chi connectivity index (χ1n) is 9.39. The number of hydrogen-bond donors (Lipinski definition) is 0. The monoisotopic (exact) mass is 515 g/mol. The number of hydrogen-bond acceptors (Lipinski definition) is 4. The fraction of sp³-hybridized carbons (Fsp3) is 0.450. The summed E-state index contributed by atoms with van der Waals surface area (Å²) < 4.78 is 6.20. The van der Waals surface area contributed by atoms with Gasteiger partial charge in [0.2, 0.25) is 0 Å². The lowest BCUT2D eigenvalue weighted by Crippen LogP contribution is -2.50. The maximum absolute atomic E-state index is 12.9. The van der Waals surface area contributed by atoms with Crippen LogP contribution in [0.5, 0.6) is 0 Å². The normalized spacial score (nSPS) is 14.4. The fourth-order valence-electron chi connectivity index (χ4n) is 3.16. The first kappa shape index (κ1) is 21.1. The third-order valence-electron chi connectivity index (χ3n) is 4.83. The molecule has 0 bridgehead atoms. The Bertz CT molecular complexity index is 869. The van der Waals surface area contributed by atoms with E-state index in [1.165, 1.54) is 0 Å². The number of alkyl halides is 1. The molecule has 2 amide bonds. The molecule has 1 fully saturated rings. The number of aromatic nitrogens is 1. The maximum Gasteiger partial charge on any atom is 0.409 e. The Morgan fingerprint density at radius 3 is 2.61 bits per heavy atom. The molecule has 2 heterocycles. The van der Waals surface area contributed by atoms with E-state index in [0.717, 1.165) is 28.2 Å². The second-order valence-electron chi connectivity index (χ2n) is 6.62. The van der Waals surface area contributed by atoms with Gasteiger partial charge in [-0.3, -0.25) is 9.78 Å². The zero-order valence-corrected chi connectivity index (χ0v) is 18.7. The molecule has 0 spiro atoms.